The van der Waals surface area contributed by atoms with Crippen LogP contribution in [0.4, 0.5) is 11.5 Å². The van der Waals surface area contributed by atoms with Gasteiger partial charge in [-0.15, -0.1) is 0 Å². The standard InChI is InChI=1S/C29H38N6O/c1-2-26-32-18-22(33-26)17-30-8-9-31-27-7-6-23-24(34-27)4-3-5-25(23)35-28(36)16-29-13-19-10-20(14-29)12-21(11-19)15-29/h3-7,18-21,30H,2,8-17H2,1H3,(H,31,34)(H,32,33)(H,35,36). The second kappa shape index (κ2) is 9.85. The summed E-state index contributed by atoms with van der Waals surface area (Å²) in [6.07, 6.45) is 11.5. The van der Waals surface area contributed by atoms with Gasteiger partial charge in [-0.1, -0.05) is 13.0 Å². The first-order valence-corrected chi connectivity index (χ1v) is 13.7. The molecular weight excluding hydrogens is 448 g/mol. The van der Waals surface area contributed by atoms with Gasteiger partial charge in [-0.3, -0.25) is 4.79 Å². The zero-order valence-corrected chi connectivity index (χ0v) is 21.3. The number of carbonyl (C=O) groups is 1. The number of imidazole rings is 1. The van der Waals surface area contributed by atoms with E-state index in [0.29, 0.717) is 6.42 Å². The van der Waals surface area contributed by atoms with Crippen LogP contribution in [-0.4, -0.2) is 33.9 Å². The predicted molar refractivity (Wildman–Crippen MR) is 144 cm³/mol. The number of anilines is 2. The Kier molecular flexibility index (Phi) is 6.42. The van der Waals surface area contributed by atoms with Crippen molar-refractivity contribution in [1.29, 1.82) is 0 Å². The number of amides is 1. The third-order valence-electron chi connectivity index (χ3n) is 8.65. The summed E-state index contributed by atoms with van der Waals surface area (Å²) in [5, 5.41) is 11.1. The third-order valence-corrected chi connectivity index (χ3v) is 8.65. The van der Waals surface area contributed by atoms with E-state index in [4.69, 9.17) is 4.98 Å². The highest BCUT2D eigenvalue weighted by Crippen LogP contribution is 2.61. The largest absolute Gasteiger partial charge is 0.369 e. The Labute approximate surface area is 213 Å². The number of aromatic nitrogens is 3. The maximum atomic E-state index is 13.2. The van der Waals surface area contributed by atoms with E-state index in [1.807, 2.05) is 30.5 Å². The number of nitrogens with one attached hydrogen (secondary N) is 4. The minimum absolute atomic E-state index is 0.168. The van der Waals surface area contributed by atoms with Gasteiger partial charge in [0.1, 0.15) is 11.6 Å². The molecule has 3 aromatic rings. The van der Waals surface area contributed by atoms with Crippen LogP contribution in [-0.2, 0) is 17.8 Å². The quantitative estimate of drug-likeness (QED) is 0.293. The molecule has 7 heteroatoms. The van der Waals surface area contributed by atoms with Gasteiger partial charge in [-0.2, -0.15) is 0 Å². The fourth-order valence-electron chi connectivity index (χ4n) is 7.58. The van der Waals surface area contributed by atoms with Crippen molar-refractivity contribution in [1.82, 2.24) is 20.3 Å². The number of H-pyrrole nitrogens is 1. The lowest BCUT2D eigenvalue weighted by Crippen LogP contribution is -2.47. The molecule has 4 saturated carbocycles. The molecule has 4 fully saturated rings. The lowest BCUT2D eigenvalue weighted by molar-refractivity contribution is -0.124. The van der Waals surface area contributed by atoms with Gasteiger partial charge in [-0.05, 0) is 86.0 Å². The van der Waals surface area contributed by atoms with Crippen molar-refractivity contribution >= 4 is 28.3 Å². The summed E-state index contributed by atoms with van der Waals surface area (Å²) < 4.78 is 0. The normalized spacial score (nSPS) is 26.4. The smallest absolute Gasteiger partial charge is 0.224 e. The van der Waals surface area contributed by atoms with Crippen LogP contribution < -0.4 is 16.0 Å². The highest BCUT2D eigenvalue weighted by atomic mass is 16.1. The lowest BCUT2D eigenvalue weighted by atomic mass is 9.49. The van der Waals surface area contributed by atoms with E-state index in [1.165, 1.54) is 38.5 Å². The van der Waals surface area contributed by atoms with Crippen LogP contribution in [0.15, 0.2) is 36.5 Å². The van der Waals surface area contributed by atoms with Crippen LogP contribution in [0.5, 0.6) is 0 Å². The minimum Gasteiger partial charge on any atom is -0.369 e. The molecule has 0 atom stereocenters. The van der Waals surface area contributed by atoms with Crippen molar-refractivity contribution < 1.29 is 4.79 Å². The molecule has 36 heavy (non-hydrogen) atoms. The van der Waals surface area contributed by atoms with Crippen molar-refractivity contribution in [3.63, 3.8) is 0 Å². The second-order valence-electron chi connectivity index (χ2n) is 11.5. The summed E-state index contributed by atoms with van der Waals surface area (Å²) in [5.74, 6) is 4.63. The molecule has 0 radical (unpaired) electrons. The number of carbonyl (C=O) groups excluding carboxylic acids is 1. The Morgan fingerprint density at radius 2 is 1.83 bits per heavy atom. The molecule has 0 aliphatic heterocycles. The SMILES string of the molecule is CCc1ncc(CNCCNc2ccc3c(NC(=O)CC45CC6CC(CC(C6)C4)C5)cccc3n2)[nH]1. The molecule has 4 aliphatic rings. The Bertz CT molecular complexity index is 1200. The minimum atomic E-state index is 0.168. The Balaban J connectivity index is 1.03. The van der Waals surface area contributed by atoms with Gasteiger partial charge in [0.25, 0.3) is 0 Å². The van der Waals surface area contributed by atoms with E-state index in [9.17, 15) is 4.79 Å². The number of nitrogens with zero attached hydrogens (tertiary/aromatic N) is 2. The van der Waals surface area contributed by atoms with Crippen molar-refractivity contribution in [2.45, 2.75) is 64.8 Å². The van der Waals surface area contributed by atoms with E-state index in [-0.39, 0.29) is 11.3 Å². The molecule has 190 valence electrons. The number of hydrogen-bond acceptors (Lipinski definition) is 5. The van der Waals surface area contributed by atoms with E-state index in [2.05, 4.69) is 38.9 Å². The van der Waals surface area contributed by atoms with Crippen molar-refractivity contribution in [2.75, 3.05) is 23.7 Å². The summed E-state index contributed by atoms with van der Waals surface area (Å²) >= 11 is 0. The number of aryl methyl sites for hydroxylation is 1. The molecular formula is C29H38N6O. The van der Waals surface area contributed by atoms with E-state index >= 15 is 0 Å². The van der Waals surface area contributed by atoms with Crippen LogP contribution in [0.25, 0.3) is 10.9 Å². The zero-order chi connectivity index (χ0) is 24.5. The van der Waals surface area contributed by atoms with Crippen molar-refractivity contribution in [3.05, 3.63) is 48.0 Å². The molecule has 4 bridgehead atoms. The molecule has 2 aromatic heterocycles. The van der Waals surface area contributed by atoms with Crippen LogP contribution in [0.2, 0.25) is 0 Å². The number of rotatable bonds is 10. The average molecular weight is 487 g/mol. The van der Waals surface area contributed by atoms with Crippen LogP contribution in [0.3, 0.4) is 0 Å². The number of hydrogen-bond donors (Lipinski definition) is 4. The molecule has 1 amide bonds. The summed E-state index contributed by atoms with van der Waals surface area (Å²) in [4.78, 5) is 25.6. The molecule has 2 heterocycles. The van der Waals surface area contributed by atoms with Gasteiger partial charge in [0.05, 0.1) is 11.2 Å². The first-order chi connectivity index (χ1) is 17.6. The highest BCUT2D eigenvalue weighted by molar-refractivity contribution is 6.01. The first kappa shape index (κ1) is 23.5. The van der Waals surface area contributed by atoms with Crippen LogP contribution in [0.1, 0.15) is 63.4 Å². The van der Waals surface area contributed by atoms with E-state index < -0.39 is 0 Å². The first-order valence-electron chi connectivity index (χ1n) is 13.7. The monoisotopic (exact) mass is 486 g/mol. The van der Waals surface area contributed by atoms with Gasteiger partial charge in [0, 0.05) is 49.8 Å². The Hall–Kier alpha value is -2.93. The molecule has 7 rings (SSSR count). The van der Waals surface area contributed by atoms with Gasteiger partial charge in [0.2, 0.25) is 5.91 Å². The molecule has 0 spiro atoms. The summed E-state index contributed by atoms with van der Waals surface area (Å²) in [6.45, 7) is 4.46. The van der Waals surface area contributed by atoms with Crippen molar-refractivity contribution in [3.8, 4) is 0 Å². The molecule has 4 aliphatic carbocycles. The summed E-state index contributed by atoms with van der Waals surface area (Å²) in [7, 11) is 0. The Morgan fingerprint density at radius 3 is 2.56 bits per heavy atom. The van der Waals surface area contributed by atoms with Gasteiger partial charge in [-0.25, -0.2) is 9.97 Å². The third kappa shape index (κ3) is 4.99. The number of fused-ring (bicyclic) bond motifs is 1. The second-order valence-corrected chi connectivity index (χ2v) is 11.5. The van der Waals surface area contributed by atoms with Gasteiger partial charge >= 0.3 is 0 Å². The topological polar surface area (TPSA) is 94.7 Å². The van der Waals surface area contributed by atoms with Crippen LogP contribution in [0, 0.1) is 23.2 Å². The van der Waals surface area contributed by atoms with E-state index in [0.717, 1.165) is 77.7 Å². The number of aromatic amines is 1. The highest BCUT2D eigenvalue weighted by Gasteiger charge is 2.51. The number of pyridine rings is 1. The van der Waals surface area contributed by atoms with Gasteiger partial charge in [0.15, 0.2) is 0 Å². The number of benzene rings is 1. The summed E-state index contributed by atoms with van der Waals surface area (Å²) in [6, 6.07) is 10.1. The average Bonchev–Trinajstić information content (AvgIpc) is 3.31. The fraction of sp³-hybridized carbons (Fsp3) is 0.552. The molecule has 7 nitrogen and oxygen atoms in total. The molecule has 0 saturated heterocycles. The molecule has 1 aromatic carbocycles. The zero-order valence-electron chi connectivity index (χ0n) is 21.3. The van der Waals surface area contributed by atoms with Crippen molar-refractivity contribution in [2.24, 2.45) is 23.2 Å². The maximum Gasteiger partial charge on any atom is 0.224 e. The predicted octanol–water partition coefficient (Wildman–Crippen LogP) is 5.27. The lowest BCUT2D eigenvalue weighted by Gasteiger charge is -2.56. The van der Waals surface area contributed by atoms with Crippen LogP contribution >= 0.6 is 0 Å². The Morgan fingerprint density at radius 1 is 1.06 bits per heavy atom. The van der Waals surface area contributed by atoms with Gasteiger partial charge < -0.3 is 20.9 Å². The maximum absolute atomic E-state index is 13.2. The van der Waals surface area contributed by atoms with E-state index in [1.54, 1.807) is 0 Å². The fourth-order valence-corrected chi connectivity index (χ4v) is 7.58. The molecule has 4 N–H and O–H groups in total. The molecule has 0 unspecified atom stereocenters. The summed E-state index contributed by atoms with van der Waals surface area (Å²) in [5.41, 5.74) is 3.12.